The average molecular weight is 341 g/mol. The number of benzene rings is 1. The monoisotopic (exact) mass is 341 g/mol. The summed E-state index contributed by atoms with van der Waals surface area (Å²) in [5, 5.41) is 0. The lowest BCUT2D eigenvalue weighted by Crippen LogP contribution is -2.50. The number of aryl methyl sites for hydroxylation is 1. The van der Waals surface area contributed by atoms with Crippen molar-refractivity contribution in [2.24, 2.45) is 0 Å². The summed E-state index contributed by atoms with van der Waals surface area (Å²) in [4.78, 5) is 30.5. The van der Waals surface area contributed by atoms with E-state index in [9.17, 15) is 9.59 Å². The number of carbonyl (C=O) groups is 2. The van der Waals surface area contributed by atoms with Crippen molar-refractivity contribution < 1.29 is 14.0 Å². The molecule has 1 aromatic carbocycles. The molecule has 6 nitrogen and oxygen atoms in total. The van der Waals surface area contributed by atoms with E-state index >= 15 is 0 Å². The van der Waals surface area contributed by atoms with E-state index in [-0.39, 0.29) is 11.8 Å². The van der Waals surface area contributed by atoms with Crippen LogP contribution in [0.25, 0.3) is 0 Å². The lowest BCUT2D eigenvalue weighted by molar-refractivity contribution is 0.0517. The standard InChI is InChI=1S/C19H23N3O3/c1-14-4-9-17(25-14)19(24)22-12-10-21(11-13-22)18(23)15-5-7-16(8-6-15)20(2)3/h4-9H,10-13H2,1-3H3. The number of amides is 2. The van der Waals surface area contributed by atoms with E-state index in [0.717, 1.165) is 11.4 Å². The Morgan fingerprint density at radius 3 is 1.92 bits per heavy atom. The van der Waals surface area contributed by atoms with Gasteiger partial charge in [0.25, 0.3) is 11.8 Å². The topological polar surface area (TPSA) is 57.0 Å². The molecule has 0 aliphatic carbocycles. The van der Waals surface area contributed by atoms with Crippen molar-refractivity contribution in [2.75, 3.05) is 45.2 Å². The van der Waals surface area contributed by atoms with Crippen molar-refractivity contribution in [1.29, 1.82) is 0 Å². The quantitative estimate of drug-likeness (QED) is 0.859. The Bertz CT molecular complexity index is 756. The fourth-order valence-corrected chi connectivity index (χ4v) is 2.90. The molecule has 1 aromatic heterocycles. The van der Waals surface area contributed by atoms with Crippen LogP contribution < -0.4 is 4.90 Å². The van der Waals surface area contributed by atoms with Gasteiger partial charge in [0.05, 0.1) is 0 Å². The number of rotatable bonds is 3. The van der Waals surface area contributed by atoms with Crippen molar-refractivity contribution in [3.8, 4) is 0 Å². The van der Waals surface area contributed by atoms with Gasteiger partial charge in [-0.05, 0) is 43.3 Å². The summed E-state index contributed by atoms with van der Waals surface area (Å²) in [7, 11) is 3.93. The SMILES string of the molecule is Cc1ccc(C(=O)N2CCN(C(=O)c3ccc(N(C)C)cc3)CC2)o1. The Kier molecular flexibility index (Phi) is 4.79. The normalized spacial score (nSPS) is 14.5. The molecular formula is C19H23N3O3. The van der Waals surface area contributed by atoms with Gasteiger partial charge in [-0.1, -0.05) is 0 Å². The smallest absolute Gasteiger partial charge is 0.289 e. The van der Waals surface area contributed by atoms with Crippen LogP contribution >= 0.6 is 0 Å². The largest absolute Gasteiger partial charge is 0.456 e. The summed E-state index contributed by atoms with van der Waals surface area (Å²) in [5.74, 6) is 0.969. The molecule has 0 N–H and O–H groups in total. The van der Waals surface area contributed by atoms with Crippen LogP contribution in [-0.2, 0) is 0 Å². The van der Waals surface area contributed by atoms with Crippen LogP contribution in [0.3, 0.4) is 0 Å². The van der Waals surface area contributed by atoms with E-state index in [1.807, 2.05) is 50.2 Å². The zero-order chi connectivity index (χ0) is 18.0. The molecule has 2 amide bonds. The molecule has 0 atom stereocenters. The zero-order valence-electron chi connectivity index (χ0n) is 14.9. The Labute approximate surface area is 147 Å². The number of furan rings is 1. The molecule has 2 heterocycles. The number of nitrogens with zero attached hydrogens (tertiary/aromatic N) is 3. The van der Waals surface area contributed by atoms with Crippen molar-refractivity contribution in [3.63, 3.8) is 0 Å². The fraction of sp³-hybridized carbons (Fsp3) is 0.368. The summed E-state index contributed by atoms with van der Waals surface area (Å²) in [6.07, 6.45) is 0. The van der Waals surface area contributed by atoms with Crippen molar-refractivity contribution in [3.05, 3.63) is 53.5 Å². The summed E-state index contributed by atoms with van der Waals surface area (Å²) >= 11 is 0. The minimum absolute atomic E-state index is 0.00579. The first-order chi connectivity index (χ1) is 12.0. The van der Waals surface area contributed by atoms with Gasteiger partial charge in [0.2, 0.25) is 0 Å². The van der Waals surface area contributed by atoms with Gasteiger partial charge in [-0.3, -0.25) is 9.59 Å². The van der Waals surface area contributed by atoms with Gasteiger partial charge >= 0.3 is 0 Å². The molecule has 1 saturated heterocycles. The highest BCUT2D eigenvalue weighted by molar-refractivity contribution is 5.95. The Balaban J connectivity index is 1.59. The van der Waals surface area contributed by atoms with Gasteiger partial charge < -0.3 is 19.1 Å². The van der Waals surface area contributed by atoms with Crippen LogP contribution in [0.2, 0.25) is 0 Å². The molecule has 1 aliphatic rings. The van der Waals surface area contributed by atoms with E-state index in [4.69, 9.17) is 4.42 Å². The Morgan fingerprint density at radius 1 is 0.880 bits per heavy atom. The predicted octanol–water partition coefficient (Wildman–Crippen LogP) is 2.25. The maximum Gasteiger partial charge on any atom is 0.289 e. The maximum absolute atomic E-state index is 12.6. The number of piperazine rings is 1. The average Bonchev–Trinajstić information content (AvgIpc) is 3.07. The second kappa shape index (κ2) is 7.01. The third-order valence-corrected chi connectivity index (χ3v) is 4.44. The zero-order valence-corrected chi connectivity index (χ0v) is 14.9. The molecule has 2 aromatic rings. The number of anilines is 1. The van der Waals surface area contributed by atoms with Gasteiger partial charge in [-0.25, -0.2) is 0 Å². The van der Waals surface area contributed by atoms with Crippen molar-refractivity contribution in [2.45, 2.75) is 6.92 Å². The molecule has 0 unspecified atom stereocenters. The molecule has 1 aliphatic heterocycles. The Hall–Kier alpha value is -2.76. The van der Waals surface area contributed by atoms with E-state index in [0.29, 0.717) is 37.5 Å². The lowest BCUT2D eigenvalue weighted by Gasteiger charge is -2.34. The Morgan fingerprint density at radius 2 is 1.44 bits per heavy atom. The first-order valence-electron chi connectivity index (χ1n) is 8.38. The second-order valence-corrected chi connectivity index (χ2v) is 6.44. The van der Waals surface area contributed by atoms with Crippen LogP contribution in [0, 0.1) is 6.92 Å². The molecule has 3 rings (SSSR count). The molecule has 0 spiro atoms. The number of hydrogen-bond donors (Lipinski definition) is 0. The molecule has 1 fully saturated rings. The maximum atomic E-state index is 12.6. The minimum Gasteiger partial charge on any atom is -0.456 e. The van der Waals surface area contributed by atoms with E-state index in [1.165, 1.54) is 0 Å². The minimum atomic E-state index is -0.115. The highest BCUT2D eigenvalue weighted by Crippen LogP contribution is 2.16. The van der Waals surface area contributed by atoms with Gasteiger partial charge in [0.1, 0.15) is 5.76 Å². The van der Waals surface area contributed by atoms with Gasteiger partial charge in [0.15, 0.2) is 5.76 Å². The van der Waals surface area contributed by atoms with Crippen molar-refractivity contribution in [1.82, 2.24) is 9.80 Å². The van der Waals surface area contributed by atoms with Gasteiger partial charge in [-0.15, -0.1) is 0 Å². The van der Waals surface area contributed by atoms with Crippen LogP contribution in [0.1, 0.15) is 26.7 Å². The highest BCUT2D eigenvalue weighted by Gasteiger charge is 2.26. The van der Waals surface area contributed by atoms with E-state index < -0.39 is 0 Å². The lowest BCUT2D eigenvalue weighted by atomic mass is 10.1. The molecule has 0 saturated carbocycles. The first-order valence-corrected chi connectivity index (χ1v) is 8.38. The predicted molar refractivity (Wildman–Crippen MR) is 96.0 cm³/mol. The molecular weight excluding hydrogens is 318 g/mol. The van der Waals surface area contributed by atoms with Gasteiger partial charge in [-0.2, -0.15) is 0 Å². The molecule has 132 valence electrons. The summed E-state index contributed by atoms with van der Waals surface area (Å²) in [6.45, 7) is 3.90. The third kappa shape index (κ3) is 3.68. The van der Waals surface area contributed by atoms with Crippen LogP contribution in [0.4, 0.5) is 5.69 Å². The third-order valence-electron chi connectivity index (χ3n) is 4.44. The molecule has 6 heteroatoms. The summed E-state index contributed by atoms with van der Waals surface area (Å²) < 4.78 is 5.40. The van der Waals surface area contributed by atoms with Crippen molar-refractivity contribution >= 4 is 17.5 Å². The summed E-state index contributed by atoms with van der Waals surface area (Å²) in [5.41, 5.74) is 1.73. The summed E-state index contributed by atoms with van der Waals surface area (Å²) in [6, 6.07) is 11.0. The molecule has 25 heavy (non-hydrogen) atoms. The molecule has 0 radical (unpaired) electrons. The highest BCUT2D eigenvalue weighted by atomic mass is 16.3. The van der Waals surface area contributed by atoms with Crippen LogP contribution in [0.5, 0.6) is 0 Å². The van der Waals surface area contributed by atoms with Crippen LogP contribution in [0.15, 0.2) is 40.8 Å². The second-order valence-electron chi connectivity index (χ2n) is 6.44. The number of carbonyl (C=O) groups excluding carboxylic acids is 2. The van der Waals surface area contributed by atoms with E-state index in [2.05, 4.69) is 0 Å². The number of hydrogen-bond acceptors (Lipinski definition) is 4. The first kappa shape index (κ1) is 17.1. The van der Waals surface area contributed by atoms with E-state index in [1.54, 1.807) is 21.9 Å². The fourth-order valence-electron chi connectivity index (χ4n) is 2.90. The van der Waals surface area contributed by atoms with Crippen LogP contribution in [-0.4, -0.2) is 61.9 Å². The van der Waals surface area contributed by atoms with Gasteiger partial charge in [0, 0.05) is 51.5 Å². The molecule has 0 bridgehead atoms.